The highest BCUT2D eigenvalue weighted by atomic mass is 35.5. The molecule has 1 heterocycles. The molecule has 0 radical (unpaired) electrons. The van der Waals surface area contributed by atoms with Crippen molar-refractivity contribution in [3.05, 3.63) is 70.5 Å². The quantitative estimate of drug-likeness (QED) is 0.485. The third-order valence-electron chi connectivity index (χ3n) is 5.17. The minimum atomic E-state index is -0.0430. The van der Waals surface area contributed by atoms with E-state index in [-0.39, 0.29) is 17.7 Å². The standard InChI is InChI=1S/C23H28ClN5OS/c1-5-17-7-9-18(10-8-17)21(28(3)4)13-25-22(30)14-31-23-27-26-15-29(23)19-11-6-16(2)20(24)12-19/h6-12,15,21H,5,13-14H2,1-4H3,(H,25,30). The van der Waals surface area contributed by atoms with Crippen LogP contribution in [0.1, 0.15) is 29.7 Å². The normalized spacial score (nSPS) is 12.2. The van der Waals surface area contributed by atoms with Gasteiger partial charge in [0.1, 0.15) is 6.33 Å². The minimum absolute atomic E-state index is 0.0430. The number of benzene rings is 2. The molecule has 0 spiro atoms. The van der Waals surface area contributed by atoms with Gasteiger partial charge < -0.3 is 10.2 Å². The Balaban J connectivity index is 1.58. The molecule has 0 aliphatic carbocycles. The van der Waals surface area contributed by atoms with Crippen LogP contribution in [0.5, 0.6) is 0 Å². The Labute approximate surface area is 193 Å². The summed E-state index contributed by atoms with van der Waals surface area (Å²) in [7, 11) is 4.04. The number of thioether (sulfide) groups is 1. The fourth-order valence-corrected chi connectivity index (χ4v) is 4.13. The molecule has 1 unspecified atom stereocenters. The summed E-state index contributed by atoms with van der Waals surface area (Å²) < 4.78 is 1.83. The molecule has 0 saturated carbocycles. The van der Waals surface area contributed by atoms with Gasteiger partial charge in [-0.1, -0.05) is 60.6 Å². The van der Waals surface area contributed by atoms with Crippen molar-refractivity contribution >= 4 is 29.3 Å². The zero-order valence-electron chi connectivity index (χ0n) is 18.3. The third-order valence-corrected chi connectivity index (χ3v) is 6.52. The van der Waals surface area contributed by atoms with Gasteiger partial charge in [0.2, 0.25) is 5.91 Å². The molecule has 8 heteroatoms. The molecule has 1 N–H and O–H groups in total. The Morgan fingerprint density at radius 3 is 2.61 bits per heavy atom. The van der Waals surface area contributed by atoms with E-state index in [9.17, 15) is 4.79 Å². The van der Waals surface area contributed by atoms with E-state index in [4.69, 9.17) is 11.6 Å². The lowest BCUT2D eigenvalue weighted by Crippen LogP contribution is -2.35. The van der Waals surface area contributed by atoms with E-state index in [1.807, 2.05) is 43.8 Å². The molecule has 0 fully saturated rings. The molecule has 0 aliphatic heterocycles. The van der Waals surface area contributed by atoms with E-state index < -0.39 is 0 Å². The Kier molecular flexibility index (Phi) is 8.12. The summed E-state index contributed by atoms with van der Waals surface area (Å²) in [6.07, 6.45) is 2.64. The molecular formula is C23H28ClN5OS. The van der Waals surface area contributed by atoms with Crippen molar-refractivity contribution in [2.75, 3.05) is 26.4 Å². The van der Waals surface area contributed by atoms with Crippen molar-refractivity contribution in [2.24, 2.45) is 0 Å². The van der Waals surface area contributed by atoms with Gasteiger partial charge in [-0.05, 0) is 56.3 Å². The molecule has 31 heavy (non-hydrogen) atoms. The molecule has 3 rings (SSSR count). The highest BCUT2D eigenvalue weighted by Crippen LogP contribution is 2.24. The van der Waals surface area contributed by atoms with Crippen molar-refractivity contribution in [2.45, 2.75) is 31.5 Å². The van der Waals surface area contributed by atoms with Gasteiger partial charge in [-0.15, -0.1) is 10.2 Å². The molecule has 0 saturated heterocycles. The molecule has 6 nitrogen and oxygen atoms in total. The first kappa shape index (κ1) is 23.3. The second kappa shape index (κ2) is 10.8. The second-order valence-electron chi connectivity index (χ2n) is 7.58. The average molecular weight is 458 g/mol. The van der Waals surface area contributed by atoms with Crippen molar-refractivity contribution in [3.8, 4) is 5.69 Å². The largest absolute Gasteiger partial charge is 0.353 e. The number of carbonyl (C=O) groups is 1. The number of aromatic nitrogens is 3. The molecule has 164 valence electrons. The number of halogens is 1. The number of amides is 1. The molecule has 3 aromatic rings. The number of rotatable bonds is 9. The molecule has 1 amide bonds. The maximum Gasteiger partial charge on any atom is 0.230 e. The van der Waals surface area contributed by atoms with Crippen molar-refractivity contribution in [3.63, 3.8) is 0 Å². The summed E-state index contributed by atoms with van der Waals surface area (Å²) in [4.78, 5) is 14.6. The smallest absolute Gasteiger partial charge is 0.230 e. The minimum Gasteiger partial charge on any atom is -0.353 e. The van der Waals surface area contributed by atoms with Crippen LogP contribution in [0.4, 0.5) is 0 Å². The Hall–Kier alpha value is -2.35. The van der Waals surface area contributed by atoms with E-state index in [0.29, 0.717) is 16.7 Å². The summed E-state index contributed by atoms with van der Waals surface area (Å²) in [5, 5.41) is 12.5. The van der Waals surface area contributed by atoms with Gasteiger partial charge in [-0.3, -0.25) is 9.36 Å². The summed E-state index contributed by atoms with van der Waals surface area (Å²) in [6.45, 7) is 4.64. The average Bonchev–Trinajstić information content (AvgIpc) is 3.23. The number of hydrogen-bond donors (Lipinski definition) is 1. The van der Waals surface area contributed by atoms with E-state index in [1.165, 1.54) is 22.9 Å². The zero-order chi connectivity index (χ0) is 22.4. The lowest BCUT2D eigenvalue weighted by atomic mass is 10.0. The van der Waals surface area contributed by atoms with Gasteiger partial charge in [-0.2, -0.15) is 0 Å². The van der Waals surface area contributed by atoms with Gasteiger partial charge in [0.25, 0.3) is 0 Å². The number of carbonyl (C=O) groups excluding carboxylic acids is 1. The van der Waals surface area contributed by atoms with E-state index >= 15 is 0 Å². The monoisotopic (exact) mass is 457 g/mol. The van der Waals surface area contributed by atoms with Gasteiger partial charge in [0.15, 0.2) is 5.16 Å². The molecule has 1 atom stereocenters. The maximum atomic E-state index is 12.5. The highest BCUT2D eigenvalue weighted by Gasteiger charge is 2.16. The predicted molar refractivity (Wildman–Crippen MR) is 127 cm³/mol. The topological polar surface area (TPSA) is 63.1 Å². The van der Waals surface area contributed by atoms with Crippen LogP contribution in [-0.2, 0) is 11.2 Å². The SMILES string of the molecule is CCc1ccc(C(CNC(=O)CSc2nncn2-c2ccc(C)c(Cl)c2)N(C)C)cc1. The summed E-state index contributed by atoms with van der Waals surface area (Å²) in [5.41, 5.74) is 4.37. The Morgan fingerprint density at radius 1 is 1.23 bits per heavy atom. The lowest BCUT2D eigenvalue weighted by Gasteiger charge is -2.25. The van der Waals surface area contributed by atoms with Crippen LogP contribution in [0.25, 0.3) is 5.69 Å². The predicted octanol–water partition coefficient (Wildman–Crippen LogP) is 4.30. The fraction of sp³-hybridized carbons (Fsp3) is 0.348. The van der Waals surface area contributed by atoms with Gasteiger partial charge in [0, 0.05) is 11.6 Å². The maximum absolute atomic E-state index is 12.5. The molecule has 1 aromatic heterocycles. The third kappa shape index (κ3) is 6.09. The molecule has 0 bridgehead atoms. The molecular weight excluding hydrogens is 430 g/mol. The van der Waals surface area contributed by atoms with Gasteiger partial charge >= 0.3 is 0 Å². The lowest BCUT2D eigenvalue weighted by molar-refractivity contribution is -0.118. The Morgan fingerprint density at radius 2 is 1.97 bits per heavy atom. The summed E-state index contributed by atoms with van der Waals surface area (Å²) >= 11 is 7.59. The summed E-state index contributed by atoms with van der Waals surface area (Å²) in [5.74, 6) is 0.214. The Bertz CT molecular complexity index is 1020. The van der Waals surface area contributed by atoms with Crippen molar-refractivity contribution in [1.82, 2.24) is 25.0 Å². The number of aryl methyl sites for hydroxylation is 2. The number of nitrogens with one attached hydrogen (secondary N) is 1. The molecule has 2 aromatic carbocycles. The van der Waals surface area contributed by atoms with E-state index in [1.54, 1.807) is 6.33 Å². The van der Waals surface area contributed by atoms with E-state index in [0.717, 1.165) is 17.7 Å². The number of hydrogen-bond acceptors (Lipinski definition) is 5. The van der Waals surface area contributed by atoms with Crippen LogP contribution < -0.4 is 5.32 Å². The zero-order valence-corrected chi connectivity index (χ0v) is 19.9. The van der Waals surface area contributed by atoms with Crippen LogP contribution in [0.3, 0.4) is 0 Å². The second-order valence-corrected chi connectivity index (χ2v) is 8.93. The van der Waals surface area contributed by atoms with Gasteiger partial charge in [0.05, 0.1) is 17.5 Å². The highest BCUT2D eigenvalue weighted by molar-refractivity contribution is 7.99. The summed E-state index contributed by atoms with van der Waals surface area (Å²) in [6, 6.07) is 14.5. The van der Waals surface area contributed by atoms with Crippen molar-refractivity contribution < 1.29 is 4.79 Å². The van der Waals surface area contributed by atoms with Gasteiger partial charge in [-0.25, -0.2) is 0 Å². The van der Waals surface area contributed by atoms with Crippen LogP contribution in [-0.4, -0.2) is 52.0 Å². The first-order valence-electron chi connectivity index (χ1n) is 10.2. The molecule has 0 aliphatic rings. The van der Waals surface area contributed by atoms with E-state index in [2.05, 4.69) is 51.6 Å². The van der Waals surface area contributed by atoms with Crippen LogP contribution in [0, 0.1) is 6.92 Å². The van der Waals surface area contributed by atoms with Crippen molar-refractivity contribution in [1.29, 1.82) is 0 Å². The first-order valence-corrected chi connectivity index (χ1v) is 11.6. The number of likely N-dealkylation sites (N-methyl/N-ethyl adjacent to an activating group) is 1. The number of nitrogens with zero attached hydrogens (tertiary/aromatic N) is 4. The van der Waals surface area contributed by atoms with Crippen LogP contribution in [0.2, 0.25) is 5.02 Å². The van der Waals surface area contributed by atoms with Crippen LogP contribution in [0.15, 0.2) is 53.9 Å². The fourth-order valence-electron chi connectivity index (χ4n) is 3.20. The van der Waals surface area contributed by atoms with Crippen LogP contribution >= 0.6 is 23.4 Å². The first-order chi connectivity index (χ1) is 14.9.